The van der Waals surface area contributed by atoms with Crippen LogP contribution in [0.3, 0.4) is 0 Å². The van der Waals surface area contributed by atoms with Gasteiger partial charge in [-0.05, 0) is 42.5 Å². The van der Waals surface area contributed by atoms with Crippen LogP contribution in [0.5, 0.6) is 0 Å². The van der Waals surface area contributed by atoms with Gasteiger partial charge in [0.2, 0.25) is 0 Å². The molecule has 1 aromatic rings. The van der Waals surface area contributed by atoms with Crippen molar-refractivity contribution in [1.29, 1.82) is 0 Å². The summed E-state index contributed by atoms with van der Waals surface area (Å²) < 4.78 is 0. The van der Waals surface area contributed by atoms with Crippen molar-refractivity contribution in [1.82, 2.24) is 0 Å². The summed E-state index contributed by atoms with van der Waals surface area (Å²) in [6.45, 7) is 0. The lowest BCUT2D eigenvalue weighted by atomic mass is 9.92. The topological polar surface area (TPSA) is 0 Å². The van der Waals surface area contributed by atoms with E-state index in [0.717, 1.165) is 10.6 Å². The maximum atomic E-state index is 6.59. The fourth-order valence-corrected chi connectivity index (χ4v) is 3.49. The van der Waals surface area contributed by atoms with Crippen LogP contribution in [0.4, 0.5) is 0 Å². The Morgan fingerprint density at radius 1 is 1.00 bits per heavy atom. The van der Waals surface area contributed by atoms with Gasteiger partial charge in [-0.3, -0.25) is 0 Å². The Bertz CT molecular complexity index is 368. The molecular formula is C14H17Cl3. The smallest absolute Gasteiger partial charge is 0.0628 e. The molecule has 0 spiro atoms. The molecule has 0 N–H and O–H groups in total. The molecule has 17 heavy (non-hydrogen) atoms. The summed E-state index contributed by atoms with van der Waals surface area (Å²) in [6, 6.07) is 5.56. The van der Waals surface area contributed by atoms with Gasteiger partial charge in [-0.2, -0.15) is 0 Å². The van der Waals surface area contributed by atoms with Crippen molar-refractivity contribution in [2.75, 3.05) is 0 Å². The van der Waals surface area contributed by atoms with Gasteiger partial charge in [0, 0.05) is 10.0 Å². The third-order valence-electron chi connectivity index (χ3n) is 3.57. The standard InChI is InChI=1S/C14H17Cl3/c15-11-7-8-13(16)12(9-11)14(17)10-5-3-1-2-4-6-10/h7-10,14H,1-6H2. The lowest BCUT2D eigenvalue weighted by molar-refractivity contribution is 0.445. The lowest BCUT2D eigenvalue weighted by Gasteiger charge is -2.21. The van der Waals surface area contributed by atoms with Crippen molar-refractivity contribution in [2.24, 2.45) is 5.92 Å². The third-order valence-corrected chi connectivity index (χ3v) is 4.74. The van der Waals surface area contributed by atoms with Crippen molar-refractivity contribution < 1.29 is 0 Å². The molecule has 1 atom stereocenters. The molecule has 1 unspecified atom stereocenters. The van der Waals surface area contributed by atoms with E-state index < -0.39 is 0 Å². The van der Waals surface area contributed by atoms with E-state index in [2.05, 4.69) is 0 Å². The lowest BCUT2D eigenvalue weighted by Crippen LogP contribution is -2.07. The molecule has 0 heterocycles. The second kappa shape index (κ2) is 6.31. The Kier molecular flexibility index (Phi) is 5.02. The van der Waals surface area contributed by atoms with Crippen LogP contribution in [0.25, 0.3) is 0 Å². The van der Waals surface area contributed by atoms with Gasteiger partial charge in [-0.15, -0.1) is 11.6 Å². The van der Waals surface area contributed by atoms with E-state index in [4.69, 9.17) is 34.8 Å². The number of hydrogen-bond donors (Lipinski definition) is 0. The maximum absolute atomic E-state index is 6.59. The number of hydrogen-bond acceptors (Lipinski definition) is 0. The van der Waals surface area contributed by atoms with E-state index in [9.17, 15) is 0 Å². The Morgan fingerprint density at radius 3 is 2.29 bits per heavy atom. The molecule has 0 radical (unpaired) electrons. The van der Waals surface area contributed by atoms with Gasteiger partial charge < -0.3 is 0 Å². The molecule has 0 amide bonds. The molecule has 3 heteroatoms. The maximum Gasteiger partial charge on any atom is 0.0628 e. The number of rotatable bonds is 2. The number of benzene rings is 1. The molecule has 0 aromatic heterocycles. The molecule has 1 saturated carbocycles. The third kappa shape index (κ3) is 3.53. The minimum atomic E-state index is -0.000648. The molecule has 1 fully saturated rings. The fourth-order valence-electron chi connectivity index (χ4n) is 2.58. The normalized spacial score (nSPS) is 19.9. The highest BCUT2D eigenvalue weighted by atomic mass is 35.5. The van der Waals surface area contributed by atoms with Crippen LogP contribution in [0.1, 0.15) is 49.5 Å². The van der Waals surface area contributed by atoms with Gasteiger partial charge in [0.15, 0.2) is 0 Å². The molecule has 0 nitrogen and oxygen atoms in total. The van der Waals surface area contributed by atoms with Gasteiger partial charge >= 0.3 is 0 Å². The molecule has 2 rings (SSSR count). The first kappa shape index (κ1) is 13.5. The van der Waals surface area contributed by atoms with Crippen LogP contribution < -0.4 is 0 Å². The second-order valence-corrected chi connectivity index (χ2v) is 6.13. The second-order valence-electron chi connectivity index (χ2n) is 4.82. The van der Waals surface area contributed by atoms with Gasteiger partial charge in [0.25, 0.3) is 0 Å². The van der Waals surface area contributed by atoms with E-state index in [0.29, 0.717) is 10.9 Å². The van der Waals surface area contributed by atoms with Gasteiger partial charge in [-0.1, -0.05) is 48.9 Å². The van der Waals surface area contributed by atoms with Crippen molar-refractivity contribution in [3.05, 3.63) is 33.8 Å². The first-order chi connectivity index (χ1) is 8.18. The van der Waals surface area contributed by atoms with Crippen LogP contribution in [-0.2, 0) is 0 Å². The van der Waals surface area contributed by atoms with Crippen molar-refractivity contribution in [3.63, 3.8) is 0 Å². The number of halogens is 3. The van der Waals surface area contributed by atoms with Crippen molar-refractivity contribution in [2.45, 2.75) is 43.9 Å². The summed E-state index contributed by atoms with van der Waals surface area (Å²) in [5.41, 5.74) is 0.993. The summed E-state index contributed by atoms with van der Waals surface area (Å²) in [5.74, 6) is 0.537. The zero-order valence-electron chi connectivity index (χ0n) is 9.76. The summed E-state index contributed by atoms with van der Waals surface area (Å²) in [6.07, 6.45) is 7.65. The fraction of sp³-hybridized carbons (Fsp3) is 0.571. The number of alkyl halides is 1. The van der Waals surface area contributed by atoms with Gasteiger partial charge in [-0.25, -0.2) is 0 Å². The average molecular weight is 292 g/mol. The highest BCUT2D eigenvalue weighted by Gasteiger charge is 2.24. The first-order valence-electron chi connectivity index (χ1n) is 6.27. The summed E-state index contributed by atoms with van der Waals surface area (Å²) in [5, 5.41) is 1.45. The van der Waals surface area contributed by atoms with Crippen LogP contribution in [0, 0.1) is 5.92 Å². The predicted molar refractivity (Wildman–Crippen MR) is 76.2 cm³/mol. The molecule has 1 aliphatic carbocycles. The van der Waals surface area contributed by atoms with Gasteiger partial charge in [0.1, 0.15) is 0 Å². The molecule has 0 saturated heterocycles. The van der Waals surface area contributed by atoms with Crippen molar-refractivity contribution in [3.8, 4) is 0 Å². The summed E-state index contributed by atoms with van der Waals surface area (Å²) in [4.78, 5) is 0. The largest absolute Gasteiger partial charge is 0.117 e. The highest BCUT2D eigenvalue weighted by Crippen LogP contribution is 2.41. The quantitative estimate of drug-likeness (QED) is 0.446. The van der Waals surface area contributed by atoms with Crippen molar-refractivity contribution >= 4 is 34.8 Å². The zero-order chi connectivity index (χ0) is 12.3. The summed E-state index contributed by atoms with van der Waals surface area (Å²) in [7, 11) is 0. The van der Waals surface area contributed by atoms with Crippen LogP contribution in [0.15, 0.2) is 18.2 Å². The Morgan fingerprint density at radius 2 is 1.65 bits per heavy atom. The summed E-state index contributed by atoms with van der Waals surface area (Å²) >= 11 is 18.8. The van der Waals surface area contributed by atoms with E-state index in [1.807, 2.05) is 18.2 Å². The molecule has 0 bridgehead atoms. The van der Waals surface area contributed by atoms with Crippen LogP contribution >= 0.6 is 34.8 Å². The predicted octanol–water partition coefficient (Wildman–Crippen LogP) is 6.24. The van der Waals surface area contributed by atoms with E-state index in [-0.39, 0.29) is 5.38 Å². The van der Waals surface area contributed by atoms with Crippen LogP contribution in [-0.4, -0.2) is 0 Å². The highest BCUT2D eigenvalue weighted by molar-refractivity contribution is 6.34. The van der Waals surface area contributed by atoms with E-state index in [1.54, 1.807) is 0 Å². The first-order valence-corrected chi connectivity index (χ1v) is 7.47. The minimum absolute atomic E-state index is 0.000648. The molecule has 1 aromatic carbocycles. The Labute approximate surface area is 118 Å². The molecule has 0 aliphatic heterocycles. The zero-order valence-corrected chi connectivity index (χ0v) is 12.0. The molecule has 1 aliphatic rings. The van der Waals surface area contributed by atoms with Gasteiger partial charge in [0.05, 0.1) is 5.38 Å². The monoisotopic (exact) mass is 290 g/mol. The van der Waals surface area contributed by atoms with Crippen LogP contribution in [0.2, 0.25) is 10.0 Å². The molecule has 94 valence electrons. The van der Waals surface area contributed by atoms with E-state index >= 15 is 0 Å². The van der Waals surface area contributed by atoms with E-state index in [1.165, 1.54) is 38.5 Å². The SMILES string of the molecule is Clc1ccc(Cl)c(C(Cl)C2CCCCCC2)c1. The molecular weight excluding hydrogens is 275 g/mol. The Hall–Kier alpha value is 0.0900. The Balaban J connectivity index is 2.16. The minimum Gasteiger partial charge on any atom is -0.117 e. The average Bonchev–Trinajstić information content (AvgIpc) is 2.60.